The lowest BCUT2D eigenvalue weighted by atomic mass is 10.0. The Balaban J connectivity index is 1.99. The average Bonchev–Trinajstić information content (AvgIpc) is 2.69. The molecule has 0 unspecified atom stereocenters. The van der Waals surface area contributed by atoms with Crippen molar-refractivity contribution in [1.29, 1.82) is 0 Å². The van der Waals surface area contributed by atoms with Gasteiger partial charge in [0.25, 0.3) is 5.91 Å². The highest BCUT2D eigenvalue weighted by Crippen LogP contribution is 2.25. The third-order valence-corrected chi connectivity index (χ3v) is 3.87. The Hall–Kier alpha value is -1.79. The highest BCUT2D eigenvalue weighted by molar-refractivity contribution is 6.36. The number of carbonyl (C=O) groups is 3. The van der Waals surface area contributed by atoms with E-state index < -0.39 is 18.0 Å². The number of imide groups is 1. The summed E-state index contributed by atoms with van der Waals surface area (Å²) in [6, 6.07) is 3.49. The number of amides is 4. The van der Waals surface area contributed by atoms with E-state index in [-0.39, 0.29) is 23.4 Å². The zero-order valence-corrected chi connectivity index (χ0v) is 14.2. The predicted molar refractivity (Wildman–Crippen MR) is 88.6 cm³/mol. The summed E-state index contributed by atoms with van der Waals surface area (Å²) in [5.41, 5.74) is 0.367. The summed E-state index contributed by atoms with van der Waals surface area (Å²) in [7, 11) is 0. The van der Waals surface area contributed by atoms with Crippen LogP contribution in [0, 0.1) is 5.92 Å². The molecule has 1 aromatic rings. The molecule has 1 aliphatic rings. The van der Waals surface area contributed by atoms with Crippen molar-refractivity contribution in [3.8, 4) is 0 Å². The van der Waals surface area contributed by atoms with Crippen LogP contribution in [-0.2, 0) is 9.59 Å². The van der Waals surface area contributed by atoms with Gasteiger partial charge in [0.05, 0.1) is 10.7 Å². The molecular weight excluding hydrogens is 341 g/mol. The highest BCUT2D eigenvalue weighted by atomic mass is 35.5. The molecule has 0 aromatic heterocycles. The summed E-state index contributed by atoms with van der Waals surface area (Å²) < 4.78 is 0. The van der Waals surface area contributed by atoms with Crippen LogP contribution in [0.5, 0.6) is 0 Å². The van der Waals surface area contributed by atoms with Crippen molar-refractivity contribution in [1.82, 2.24) is 10.2 Å². The average molecular weight is 358 g/mol. The Bertz CT molecular complexity index is 649. The molecule has 1 aliphatic heterocycles. The molecule has 1 fully saturated rings. The molecule has 2 N–H and O–H groups in total. The Morgan fingerprint density at radius 3 is 2.65 bits per heavy atom. The predicted octanol–water partition coefficient (Wildman–Crippen LogP) is 2.90. The van der Waals surface area contributed by atoms with Crippen molar-refractivity contribution in [3.05, 3.63) is 28.2 Å². The maximum absolute atomic E-state index is 12.2. The van der Waals surface area contributed by atoms with Gasteiger partial charge in [0.2, 0.25) is 5.91 Å². The van der Waals surface area contributed by atoms with Crippen LogP contribution in [0.2, 0.25) is 10.0 Å². The molecule has 2 rings (SSSR count). The molecule has 1 aromatic carbocycles. The third-order valence-electron chi connectivity index (χ3n) is 3.32. The Morgan fingerprint density at radius 1 is 1.35 bits per heavy atom. The number of hydrogen-bond acceptors (Lipinski definition) is 3. The number of nitrogens with zero attached hydrogens (tertiary/aromatic N) is 1. The van der Waals surface area contributed by atoms with Crippen LogP contribution >= 0.6 is 23.2 Å². The monoisotopic (exact) mass is 357 g/mol. The van der Waals surface area contributed by atoms with E-state index in [9.17, 15) is 14.4 Å². The molecule has 4 amide bonds. The van der Waals surface area contributed by atoms with E-state index in [1.54, 1.807) is 12.1 Å². The van der Waals surface area contributed by atoms with Crippen molar-refractivity contribution in [2.24, 2.45) is 5.92 Å². The van der Waals surface area contributed by atoms with Crippen molar-refractivity contribution in [3.63, 3.8) is 0 Å². The quantitative estimate of drug-likeness (QED) is 0.795. The maximum atomic E-state index is 12.2. The van der Waals surface area contributed by atoms with Crippen LogP contribution in [0.4, 0.5) is 10.5 Å². The van der Waals surface area contributed by atoms with Gasteiger partial charge in [0.15, 0.2) is 0 Å². The Kier molecular flexibility index (Phi) is 5.49. The second-order valence-electron chi connectivity index (χ2n) is 5.73. The minimum Gasteiger partial charge on any atom is -0.326 e. The fourth-order valence-electron chi connectivity index (χ4n) is 2.28. The molecule has 0 spiro atoms. The first-order valence-electron chi connectivity index (χ1n) is 7.14. The van der Waals surface area contributed by atoms with E-state index in [1.807, 2.05) is 13.8 Å². The van der Waals surface area contributed by atoms with E-state index in [0.29, 0.717) is 17.1 Å². The summed E-state index contributed by atoms with van der Waals surface area (Å²) in [5, 5.41) is 5.87. The van der Waals surface area contributed by atoms with Gasteiger partial charge in [-0.25, -0.2) is 4.79 Å². The number of carbonyl (C=O) groups excluding carboxylic acids is 3. The van der Waals surface area contributed by atoms with E-state index >= 15 is 0 Å². The number of hydrogen-bond donors (Lipinski definition) is 2. The second kappa shape index (κ2) is 7.19. The molecular formula is C15H17Cl2N3O3. The summed E-state index contributed by atoms with van der Waals surface area (Å²) in [4.78, 5) is 37.0. The normalized spacial score (nSPS) is 17.6. The molecule has 0 bridgehead atoms. The van der Waals surface area contributed by atoms with Crippen LogP contribution in [0.3, 0.4) is 0 Å². The molecule has 8 heteroatoms. The first-order chi connectivity index (χ1) is 10.8. The van der Waals surface area contributed by atoms with E-state index in [1.165, 1.54) is 6.07 Å². The molecule has 124 valence electrons. The number of urea groups is 1. The number of anilines is 1. The number of halogens is 2. The Labute approximate surface area is 144 Å². The van der Waals surface area contributed by atoms with Gasteiger partial charge in [-0.1, -0.05) is 37.0 Å². The van der Waals surface area contributed by atoms with Crippen molar-refractivity contribution in [2.75, 3.05) is 11.9 Å². The minimum atomic E-state index is -0.575. The fraction of sp³-hybridized carbons (Fsp3) is 0.400. The Morgan fingerprint density at radius 2 is 2.04 bits per heavy atom. The first kappa shape index (κ1) is 17.6. The van der Waals surface area contributed by atoms with E-state index in [4.69, 9.17) is 23.2 Å². The summed E-state index contributed by atoms with van der Waals surface area (Å²) >= 11 is 11.8. The van der Waals surface area contributed by atoms with Crippen molar-refractivity contribution < 1.29 is 14.4 Å². The van der Waals surface area contributed by atoms with Crippen LogP contribution < -0.4 is 10.6 Å². The van der Waals surface area contributed by atoms with Gasteiger partial charge in [0.1, 0.15) is 12.6 Å². The smallest absolute Gasteiger partial charge is 0.325 e. The lowest BCUT2D eigenvalue weighted by Gasteiger charge is -2.14. The van der Waals surface area contributed by atoms with Crippen LogP contribution in [-0.4, -0.2) is 35.3 Å². The zero-order chi connectivity index (χ0) is 17.1. The largest absolute Gasteiger partial charge is 0.326 e. The van der Waals surface area contributed by atoms with Gasteiger partial charge in [-0.3, -0.25) is 14.5 Å². The molecule has 23 heavy (non-hydrogen) atoms. The highest BCUT2D eigenvalue weighted by Gasteiger charge is 2.39. The molecule has 0 saturated carbocycles. The van der Waals surface area contributed by atoms with Gasteiger partial charge in [-0.05, 0) is 30.5 Å². The summed E-state index contributed by atoms with van der Waals surface area (Å²) in [6.07, 6.45) is 0.533. The number of rotatable bonds is 5. The summed E-state index contributed by atoms with van der Waals surface area (Å²) in [6.45, 7) is 3.55. The second-order valence-corrected chi connectivity index (χ2v) is 6.57. The van der Waals surface area contributed by atoms with Gasteiger partial charge < -0.3 is 10.6 Å². The third kappa shape index (κ3) is 4.36. The zero-order valence-electron chi connectivity index (χ0n) is 12.7. The van der Waals surface area contributed by atoms with Crippen LogP contribution in [0.15, 0.2) is 18.2 Å². The molecule has 0 radical (unpaired) electrons. The van der Waals surface area contributed by atoms with Crippen molar-refractivity contribution in [2.45, 2.75) is 26.3 Å². The molecule has 0 aliphatic carbocycles. The van der Waals surface area contributed by atoms with Crippen LogP contribution in [0.1, 0.15) is 20.3 Å². The van der Waals surface area contributed by atoms with E-state index in [0.717, 1.165) is 4.90 Å². The minimum absolute atomic E-state index is 0.255. The number of benzene rings is 1. The lowest BCUT2D eigenvalue weighted by Crippen LogP contribution is -2.38. The van der Waals surface area contributed by atoms with Gasteiger partial charge in [-0.15, -0.1) is 0 Å². The SMILES string of the molecule is CC(C)C[C@H]1NC(=O)N(CC(=O)Nc2ccc(Cl)cc2Cl)C1=O. The molecule has 1 atom stereocenters. The summed E-state index contributed by atoms with van der Waals surface area (Å²) in [5.74, 6) is -0.644. The molecule has 1 heterocycles. The molecule has 6 nitrogen and oxygen atoms in total. The van der Waals surface area contributed by atoms with E-state index in [2.05, 4.69) is 10.6 Å². The van der Waals surface area contributed by atoms with Crippen LogP contribution in [0.25, 0.3) is 0 Å². The maximum Gasteiger partial charge on any atom is 0.325 e. The standard InChI is InChI=1S/C15H17Cl2N3O3/c1-8(2)5-12-14(22)20(15(23)19-12)7-13(21)18-11-4-3-9(16)6-10(11)17/h3-4,6,8,12H,5,7H2,1-2H3,(H,18,21)(H,19,23)/t12-/m1/s1. The van der Waals surface area contributed by atoms with Gasteiger partial charge in [-0.2, -0.15) is 0 Å². The topological polar surface area (TPSA) is 78.5 Å². The first-order valence-corrected chi connectivity index (χ1v) is 7.90. The van der Waals surface area contributed by atoms with Gasteiger partial charge >= 0.3 is 6.03 Å². The fourth-order valence-corrected chi connectivity index (χ4v) is 2.74. The van der Waals surface area contributed by atoms with Gasteiger partial charge in [0, 0.05) is 5.02 Å². The molecule has 1 saturated heterocycles. The van der Waals surface area contributed by atoms with Crippen molar-refractivity contribution >= 4 is 46.7 Å². The lowest BCUT2D eigenvalue weighted by molar-refractivity contribution is -0.131. The number of nitrogens with one attached hydrogen (secondary N) is 2.